The number of alkyl halides is 3. The van der Waals surface area contributed by atoms with Gasteiger partial charge in [-0.2, -0.15) is 13.2 Å². The molecular formula is C24H29F3N4O4. The summed E-state index contributed by atoms with van der Waals surface area (Å²) in [5, 5.41) is 17.8. The largest absolute Gasteiger partial charge is 0.488 e. The number of nitrogens with one attached hydrogen (secondary N) is 3. The Hall–Kier alpha value is -3.31. The third-order valence-electron chi connectivity index (χ3n) is 5.80. The van der Waals surface area contributed by atoms with E-state index in [4.69, 9.17) is 4.74 Å². The van der Waals surface area contributed by atoms with Gasteiger partial charge in [0.05, 0.1) is 23.8 Å². The van der Waals surface area contributed by atoms with E-state index in [1.165, 1.54) is 6.07 Å². The number of halogens is 3. The molecule has 4 N–H and O–H groups in total. The number of urea groups is 1. The molecule has 0 unspecified atom stereocenters. The minimum atomic E-state index is -4.47. The maximum atomic E-state index is 13.3. The number of rotatable bonds is 6. The second-order valence-electron chi connectivity index (χ2n) is 8.55. The molecule has 0 saturated carbocycles. The molecule has 35 heavy (non-hydrogen) atoms. The molecule has 1 heterocycles. The van der Waals surface area contributed by atoms with E-state index in [0.29, 0.717) is 24.5 Å². The van der Waals surface area contributed by atoms with Crippen molar-refractivity contribution in [1.29, 1.82) is 0 Å². The van der Waals surface area contributed by atoms with E-state index in [-0.39, 0.29) is 35.8 Å². The topological polar surface area (TPSA) is 103 Å². The van der Waals surface area contributed by atoms with Gasteiger partial charge in [0.25, 0.3) is 5.91 Å². The monoisotopic (exact) mass is 494 g/mol. The number of carbonyl (C=O) groups is 2. The molecule has 1 aliphatic rings. The molecule has 11 heteroatoms. The molecule has 0 aromatic heterocycles. The van der Waals surface area contributed by atoms with Gasteiger partial charge in [0.1, 0.15) is 11.9 Å². The summed E-state index contributed by atoms with van der Waals surface area (Å²) in [7, 11) is 1.80. The van der Waals surface area contributed by atoms with E-state index in [0.717, 1.165) is 24.3 Å². The van der Waals surface area contributed by atoms with E-state index in [1.54, 1.807) is 31.0 Å². The van der Waals surface area contributed by atoms with Crippen LogP contribution in [0.3, 0.4) is 0 Å². The van der Waals surface area contributed by atoms with Crippen LogP contribution in [0.5, 0.6) is 5.75 Å². The number of carbonyl (C=O) groups excluding carboxylic acids is 2. The second kappa shape index (κ2) is 11.0. The molecule has 0 spiro atoms. The number of benzene rings is 2. The zero-order chi connectivity index (χ0) is 25.8. The third kappa shape index (κ3) is 6.43. The summed E-state index contributed by atoms with van der Waals surface area (Å²) < 4.78 is 44.3. The van der Waals surface area contributed by atoms with Crippen molar-refractivity contribution in [3.8, 4) is 5.75 Å². The van der Waals surface area contributed by atoms with Gasteiger partial charge >= 0.3 is 12.2 Å². The van der Waals surface area contributed by atoms with Gasteiger partial charge in [0.2, 0.25) is 0 Å². The lowest BCUT2D eigenvalue weighted by Gasteiger charge is -2.37. The van der Waals surface area contributed by atoms with Crippen LogP contribution in [0.25, 0.3) is 0 Å². The van der Waals surface area contributed by atoms with E-state index in [9.17, 15) is 27.9 Å². The smallest absolute Gasteiger partial charge is 0.416 e. The number of nitrogens with zero attached hydrogens (tertiary/aromatic N) is 1. The molecule has 1 aliphatic heterocycles. The summed E-state index contributed by atoms with van der Waals surface area (Å²) in [6, 6.07) is 7.57. The van der Waals surface area contributed by atoms with Gasteiger partial charge in [-0.25, -0.2) is 4.79 Å². The summed E-state index contributed by atoms with van der Waals surface area (Å²) in [5.41, 5.74) is -0.129. The van der Waals surface area contributed by atoms with Crippen LogP contribution in [-0.2, 0) is 6.18 Å². The van der Waals surface area contributed by atoms with Crippen molar-refractivity contribution in [2.75, 3.05) is 37.4 Å². The van der Waals surface area contributed by atoms with Crippen molar-refractivity contribution in [3.05, 3.63) is 53.6 Å². The zero-order valence-electron chi connectivity index (χ0n) is 19.6. The second-order valence-corrected chi connectivity index (χ2v) is 8.55. The first kappa shape index (κ1) is 26.3. The fraction of sp³-hybridized carbons (Fsp3) is 0.417. The predicted molar refractivity (Wildman–Crippen MR) is 126 cm³/mol. The standard InChI is InChI=1S/C24H29F3N4O4/c1-14-12-31(15(2)13-32)22(33)19-10-18(8-9-20(19)35-21(14)11-28-3)30-23(34)29-17-6-4-16(5-7-17)24(25,26)27/h4-10,14-15,21,28,32H,11-13H2,1-3H3,(H2,29,30,34)/t14-,15+,21-/m1/s1. The maximum absolute atomic E-state index is 13.3. The van der Waals surface area contributed by atoms with Gasteiger partial charge < -0.3 is 30.7 Å². The first-order valence-electron chi connectivity index (χ1n) is 11.2. The molecule has 0 saturated heterocycles. The first-order chi connectivity index (χ1) is 16.5. The molecule has 3 amide bonds. The van der Waals surface area contributed by atoms with Gasteiger partial charge in [-0.05, 0) is 56.4 Å². The van der Waals surface area contributed by atoms with Crippen molar-refractivity contribution in [2.24, 2.45) is 5.92 Å². The Bertz CT molecular complexity index is 1050. The van der Waals surface area contributed by atoms with E-state index in [2.05, 4.69) is 16.0 Å². The fourth-order valence-corrected chi connectivity index (χ4v) is 3.78. The lowest BCUT2D eigenvalue weighted by molar-refractivity contribution is -0.137. The molecule has 8 nitrogen and oxygen atoms in total. The highest BCUT2D eigenvalue weighted by Gasteiger charge is 2.33. The molecule has 2 aromatic carbocycles. The summed E-state index contributed by atoms with van der Waals surface area (Å²) in [6.45, 7) is 4.43. The Morgan fingerprint density at radius 3 is 2.40 bits per heavy atom. The number of aliphatic hydroxyl groups is 1. The molecule has 0 bridgehead atoms. The number of amides is 3. The minimum Gasteiger partial charge on any atom is -0.488 e. The van der Waals surface area contributed by atoms with Crippen LogP contribution < -0.4 is 20.7 Å². The molecule has 3 atom stereocenters. The van der Waals surface area contributed by atoms with E-state index >= 15 is 0 Å². The van der Waals surface area contributed by atoms with E-state index in [1.807, 2.05) is 6.92 Å². The number of ether oxygens (including phenoxy) is 1. The molecule has 0 fully saturated rings. The molecule has 3 rings (SSSR count). The Kier molecular flexibility index (Phi) is 8.23. The van der Waals surface area contributed by atoms with Crippen LogP contribution >= 0.6 is 0 Å². The summed E-state index contributed by atoms with van der Waals surface area (Å²) in [4.78, 5) is 27.3. The van der Waals surface area contributed by atoms with Crippen LogP contribution in [0.4, 0.5) is 29.3 Å². The fourth-order valence-electron chi connectivity index (χ4n) is 3.78. The highest BCUT2D eigenvalue weighted by molar-refractivity contribution is 6.02. The molecule has 0 aliphatic carbocycles. The third-order valence-corrected chi connectivity index (χ3v) is 5.80. The molecule has 2 aromatic rings. The normalized spacial score (nSPS) is 19.2. The van der Waals surface area contributed by atoms with Gasteiger partial charge in [0, 0.05) is 30.4 Å². The van der Waals surface area contributed by atoms with Crippen molar-refractivity contribution in [2.45, 2.75) is 32.2 Å². The summed E-state index contributed by atoms with van der Waals surface area (Å²) in [5.74, 6) is -0.00499. The quantitative estimate of drug-likeness (QED) is 0.490. The first-order valence-corrected chi connectivity index (χ1v) is 11.2. The Morgan fingerprint density at radius 1 is 1.17 bits per heavy atom. The lowest BCUT2D eigenvalue weighted by Crippen LogP contribution is -2.49. The Morgan fingerprint density at radius 2 is 1.80 bits per heavy atom. The Balaban J connectivity index is 1.82. The number of anilines is 2. The van der Waals surface area contributed by atoms with Crippen LogP contribution in [0, 0.1) is 5.92 Å². The highest BCUT2D eigenvalue weighted by Crippen LogP contribution is 2.31. The number of aliphatic hydroxyl groups excluding tert-OH is 1. The minimum absolute atomic E-state index is 0.0131. The Labute approximate surface area is 201 Å². The molecular weight excluding hydrogens is 465 g/mol. The predicted octanol–water partition coefficient (Wildman–Crippen LogP) is 3.79. The van der Waals surface area contributed by atoms with Crippen molar-refractivity contribution in [1.82, 2.24) is 10.2 Å². The van der Waals surface area contributed by atoms with Crippen LogP contribution in [0.2, 0.25) is 0 Å². The average Bonchev–Trinajstić information content (AvgIpc) is 2.81. The zero-order valence-corrected chi connectivity index (χ0v) is 19.6. The van der Waals surface area contributed by atoms with Gasteiger partial charge in [-0.1, -0.05) is 6.92 Å². The number of hydrogen-bond donors (Lipinski definition) is 4. The average molecular weight is 495 g/mol. The number of hydrogen-bond acceptors (Lipinski definition) is 5. The summed E-state index contributed by atoms with van der Waals surface area (Å²) in [6.07, 6.45) is -4.70. The maximum Gasteiger partial charge on any atom is 0.416 e. The SMILES string of the molecule is CNC[C@H]1Oc2ccc(NC(=O)Nc3ccc(C(F)(F)F)cc3)cc2C(=O)N([C@@H](C)CO)C[C@H]1C. The highest BCUT2D eigenvalue weighted by atomic mass is 19.4. The molecule has 0 radical (unpaired) electrons. The van der Waals surface area contributed by atoms with Crippen molar-refractivity contribution in [3.63, 3.8) is 0 Å². The van der Waals surface area contributed by atoms with Gasteiger partial charge in [0.15, 0.2) is 0 Å². The van der Waals surface area contributed by atoms with Crippen molar-refractivity contribution < 1.29 is 32.6 Å². The summed E-state index contributed by atoms with van der Waals surface area (Å²) >= 11 is 0. The van der Waals surface area contributed by atoms with Crippen molar-refractivity contribution >= 4 is 23.3 Å². The van der Waals surface area contributed by atoms with Crippen LogP contribution in [-0.4, -0.2) is 60.8 Å². The van der Waals surface area contributed by atoms with Crippen LogP contribution in [0.15, 0.2) is 42.5 Å². The van der Waals surface area contributed by atoms with Gasteiger partial charge in [-0.3, -0.25) is 4.79 Å². The lowest BCUT2D eigenvalue weighted by atomic mass is 9.99. The van der Waals surface area contributed by atoms with Gasteiger partial charge in [-0.15, -0.1) is 0 Å². The molecule has 190 valence electrons. The van der Waals surface area contributed by atoms with E-state index < -0.39 is 23.8 Å². The van der Waals surface area contributed by atoms with Crippen LogP contribution in [0.1, 0.15) is 29.8 Å². The number of fused-ring (bicyclic) bond motifs is 1. The number of likely N-dealkylation sites (N-methyl/N-ethyl adjacent to an activating group) is 1.